The number of carbonyl (C=O) groups is 1. The van der Waals surface area contributed by atoms with Gasteiger partial charge in [-0.3, -0.25) is 14.2 Å². The van der Waals surface area contributed by atoms with Crippen molar-refractivity contribution in [2.45, 2.75) is 31.6 Å². The monoisotopic (exact) mass is 549 g/mol. The van der Waals surface area contributed by atoms with E-state index in [4.69, 9.17) is 11.1 Å². The number of rotatable bonds is 6. The SMILES string of the molecule is N=CC1CCC(c2cc(-c3ccc(NC(=O)c4cccn(-c5ccc(F)cc5)c4=O)cc3)c3c(N)ncnn23)CC1. The van der Waals surface area contributed by atoms with E-state index >= 15 is 0 Å². The number of anilines is 2. The van der Waals surface area contributed by atoms with Gasteiger partial charge in [0.25, 0.3) is 11.5 Å². The average molecular weight is 550 g/mol. The van der Waals surface area contributed by atoms with Crippen LogP contribution in [-0.2, 0) is 0 Å². The minimum Gasteiger partial charge on any atom is -0.382 e. The van der Waals surface area contributed by atoms with E-state index in [1.165, 1.54) is 47.4 Å². The third-order valence-electron chi connectivity index (χ3n) is 7.79. The highest BCUT2D eigenvalue weighted by Gasteiger charge is 2.26. The Kier molecular flexibility index (Phi) is 6.88. The molecule has 9 nitrogen and oxygen atoms in total. The fraction of sp³-hybridized carbons (Fsp3) is 0.194. The van der Waals surface area contributed by atoms with Gasteiger partial charge in [0, 0.05) is 34.7 Å². The molecule has 0 spiro atoms. The van der Waals surface area contributed by atoms with E-state index in [1.54, 1.807) is 24.4 Å². The summed E-state index contributed by atoms with van der Waals surface area (Å²) in [7, 11) is 0. The number of hydrogen-bond acceptors (Lipinski definition) is 6. The van der Waals surface area contributed by atoms with Crippen LogP contribution in [0, 0.1) is 17.1 Å². The zero-order chi connectivity index (χ0) is 28.5. The smallest absolute Gasteiger partial charge is 0.267 e. The number of nitrogen functional groups attached to an aromatic ring is 1. The van der Waals surface area contributed by atoms with Crippen molar-refractivity contribution in [3.63, 3.8) is 0 Å². The number of hydrogen-bond donors (Lipinski definition) is 3. The minimum absolute atomic E-state index is 0.0355. The number of halogens is 1. The van der Waals surface area contributed by atoms with Gasteiger partial charge in [-0.2, -0.15) is 5.10 Å². The summed E-state index contributed by atoms with van der Waals surface area (Å²) in [5, 5.41) is 14.9. The molecule has 2 aromatic carbocycles. The van der Waals surface area contributed by atoms with E-state index in [-0.39, 0.29) is 5.56 Å². The van der Waals surface area contributed by atoms with Crippen LogP contribution in [0.25, 0.3) is 22.3 Å². The number of nitrogens with zero attached hydrogens (tertiary/aromatic N) is 4. The van der Waals surface area contributed by atoms with Crippen molar-refractivity contribution in [3.8, 4) is 16.8 Å². The summed E-state index contributed by atoms with van der Waals surface area (Å²) < 4.78 is 16.5. The van der Waals surface area contributed by atoms with Crippen LogP contribution in [0.5, 0.6) is 0 Å². The number of amides is 1. The second-order valence-electron chi connectivity index (χ2n) is 10.3. The number of pyridine rings is 1. The van der Waals surface area contributed by atoms with Crippen LogP contribution < -0.4 is 16.6 Å². The quantitative estimate of drug-likeness (QED) is 0.243. The number of nitrogens with two attached hydrogens (primary N) is 1. The Bertz CT molecular complexity index is 1800. The first-order valence-electron chi connectivity index (χ1n) is 13.4. The molecule has 3 heterocycles. The summed E-state index contributed by atoms with van der Waals surface area (Å²) in [6.07, 6.45) is 8.45. The molecular weight excluding hydrogens is 521 g/mol. The molecule has 0 saturated heterocycles. The van der Waals surface area contributed by atoms with Gasteiger partial charge in [0.05, 0.1) is 0 Å². The molecule has 3 aromatic heterocycles. The van der Waals surface area contributed by atoms with Crippen molar-refractivity contribution in [1.82, 2.24) is 19.2 Å². The molecule has 4 N–H and O–H groups in total. The fourth-order valence-corrected chi connectivity index (χ4v) is 5.59. The molecule has 41 heavy (non-hydrogen) atoms. The van der Waals surface area contributed by atoms with Crippen LogP contribution in [-0.4, -0.2) is 31.3 Å². The lowest BCUT2D eigenvalue weighted by Gasteiger charge is -2.25. The fourth-order valence-electron chi connectivity index (χ4n) is 5.59. The third kappa shape index (κ3) is 5.00. The third-order valence-corrected chi connectivity index (χ3v) is 7.79. The number of fused-ring (bicyclic) bond motifs is 1. The maximum absolute atomic E-state index is 13.3. The first-order valence-corrected chi connectivity index (χ1v) is 13.4. The van der Waals surface area contributed by atoms with Gasteiger partial charge in [-0.1, -0.05) is 12.1 Å². The van der Waals surface area contributed by atoms with Gasteiger partial charge in [-0.25, -0.2) is 13.9 Å². The molecule has 5 aromatic rings. The topological polar surface area (TPSA) is 131 Å². The second-order valence-corrected chi connectivity index (χ2v) is 10.3. The second kappa shape index (κ2) is 10.8. The number of carbonyl (C=O) groups excluding carboxylic acids is 1. The molecular formula is C31H28FN7O2. The van der Waals surface area contributed by atoms with Gasteiger partial charge in [0.1, 0.15) is 23.2 Å². The molecule has 0 radical (unpaired) electrons. The summed E-state index contributed by atoms with van der Waals surface area (Å²) >= 11 is 0. The van der Waals surface area contributed by atoms with E-state index in [1.807, 2.05) is 16.6 Å². The molecule has 10 heteroatoms. The maximum Gasteiger partial charge on any atom is 0.267 e. The van der Waals surface area contributed by atoms with Gasteiger partial charge < -0.3 is 16.5 Å². The van der Waals surface area contributed by atoms with Crippen molar-refractivity contribution in [3.05, 3.63) is 107 Å². The highest BCUT2D eigenvalue weighted by atomic mass is 19.1. The summed E-state index contributed by atoms with van der Waals surface area (Å²) in [6, 6.07) is 18.0. The number of benzene rings is 2. The molecule has 0 unspecified atom stereocenters. The van der Waals surface area contributed by atoms with Gasteiger partial charge in [-0.05, 0) is 98.0 Å². The summed E-state index contributed by atoms with van der Waals surface area (Å²) in [6.45, 7) is 0. The molecule has 0 atom stereocenters. The van der Waals surface area contributed by atoms with Crippen molar-refractivity contribution in [1.29, 1.82) is 5.41 Å². The molecule has 1 aliphatic rings. The normalized spacial score (nSPS) is 16.9. The van der Waals surface area contributed by atoms with E-state index in [2.05, 4.69) is 21.5 Å². The summed E-state index contributed by atoms with van der Waals surface area (Å²) in [5.41, 5.74) is 10.3. The maximum atomic E-state index is 13.3. The lowest BCUT2D eigenvalue weighted by molar-refractivity contribution is 0.102. The molecule has 1 fully saturated rings. The first-order chi connectivity index (χ1) is 19.9. The molecule has 206 valence electrons. The number of aromatic nitrogens is 4. The molecule has 6 rings (SSSR count). The molecule has 1 amide bonds. The Morgan fingerprint density at radius 3 is 2.49 bits per heavy atom. The highest BCUT2D eigenvalue weighted by Crippen LogP contribution is 2.39. The van der Waals surface area contributed by atoms with Crippen LogP contribution in [0.15, 0.2) is 84.0 Å². The molecule has 0 bridgehead atoms. The Balaban J connectivity index is 1.26. The van der Waals surface area contributed by atoms with Gasteiger partial charge in [0.2, 0.25) is 0 Å². The van der Waals surface area contributed by atoms with E-state index < -0.39 is 17.3 Å². The number of nitrogens with one attached hydrogen (secondary N) is 2. The standard InChI is InChI=1S/C31H28FN7O2/c32-22-9-13-24(14-10-22)38-15-1-2-25(31(38)41)30(40)37-23-11-7-20(8-12-23)26-16-27(21-5-3-19(17-33)4-6-21)39-28(26)29(34)35-18-36-39/h1-2,7-19,21,33H,3-6H2,(H,37,40)(H2,34,35,36). The largest absolute Gasteiger partial charge is 0.382 e. The molecule has 0 aliphatic heterocycles. The van der Waals surface area contributed by atoms with Crippen LogP contribution >= 0.6 is 0 Å². The zero-order valence-electron chi connectivity index (χ0n) is 22.1. The van der Waals surface area contributed by atoms with Crippen molar-refractivity contribution < 1.29 is 9.18 Å². The summed E-state index contributed by atoms with van der Waals surface area (Å²) in [4.78, 5) is 30.3. The Hall–Kier alpha value is -5.12. The average Bonchev–Trinajstić information content (AvgIpc) is 3.39. The predicted octanol–water partition coefficient (Wildman–Crippen LogP) is 5.44. The minimum atomic E-state index is -0.547. The lowest BCUT2D eigenvalue weighted by Crippen LogP contribution is -2.27. The van der Waals surface area contributed by atoms with Crippen molar-refractivity contribution in [2.24, 2.45) is 5.92 Å². The zero-order valence-corrected chi connectivity index (χ0v) is 22.1. The molecule has 1 saturated carbocycles. The van der Waals surface area contributed by atoms with Crippen LogP contribution in [0.1, 0.15) is 47.7 Å². The molecule has 1 aliphatic carbocycles. The van der Waals surface area contributed by atoms with Gasteiger partial charge in [0.15, 0.2) is 5.82 Å². The van der Waals surface area contributed by atoms with E-state index in [0.717, 1.165) is 48.0 Å². The van der Waals surface area contributed by atoms with Gasteiger partial charge >= 0.3 is 0 Å². The summed E-state index contributed by atoms with van der Waals surface area (Å²) in [5.74, 6) is 0.0682. The van der Waals surface area contributed by atoms with Crippen LogP contribution in [0.2, 0.25) is 0 Å². The van der Waals surface area contributed by atoms with Crippen molar-refractivity contribution in [2.75, 3.05) is 11.1 Å². The van der Waals surface area contributed by atoms with Gasteiger partial charge in [-0.15, -0.1) is 0 Å². The Morgan fingerprint density at radius 2 is 1.78 bits per heavy atom. The Labute approximate surface area is 235 Å². The van der Waals surface area contributed by atoms with E-state index in [9.17, 15) is 14.0 Å². The lowest BCUT2D eigenvalue weighted by atomic mass is 9.81. The highest BCUT2D eigenvalue weighted by molar-refractivity contribution is 6.04. The van der Waals surface area contributed by atoms with Crippen LogP contribution in [0.3, 0.4) is 0 Å². The predicted molar refractivity (Wildman–Crippen MR) is 156 cm³/mol. The Morgan fingerprint density at radius 1 is 1.05 bits per heavy atom. The van der Waals surface area contributed by atoms with Crippen molar-refractivity contribution >= 4 is 29.1 Å². The van der Waals surface area contributed by atoms with E-state index in [0.29, 0.717) is 29.0 Å². The van der Waals surface area contributed by atoms with Crippen LogP contribution in [0.4, 0.5) is 15.9 Å². The first kappa shape index (κ1) is 26.1.